The van der Waals surface area contributed by atoms with Crippen LogP contribution in [0.5, 0.6) is 0 Å². The zero-order valence-corrected chi connectivity index (χ0v) is 23.7. The third-order valence-corrected chi connectivity index (χ3v) is 5.94. The lowest BCUT2D eigenvalue weighted by Gasteiger charge is -2.37. The van der Waals surface area contributed by atoms with E-state index in [1.165, 1.54) is 12.0 Å². The van der Waals surface area contributed by atoms with Crippen LogP contribution in [0.3, 0.4) is 0 Å². The summed E-state index contributed by atoms with van der Waals surface area (Å²) in [5, 5.41) is 5.29. The Balaban J connectivity index is 3.48. The van der Waals surface area contributed by atoms with Crippen molar-refractivity contribution in [3.05, 3.63) is 34.9 Å². The Hall–Kier alpha value is -2.75. The first-order valence-corrected chi connectivity index (χ1v) is 13.3. The second-order valence-corrected chi connectivity index (χ2v) is 10.9. The minimum atomic E-state index is -1.03. The number of thioether (sulfide) groups is 1. The van der Waals surface area contributed by atoms with Crippen LogP contribution in [0, 0.1) is 13.8 Å². The number of esters is 1. The van der Waals surface area contributed by atoms with Crippen LogP contribution in [0.4, 0.5) is 4.79 Å². The number of amides is 3. The first-order valence-electron chi connectivity index (χ1n) is 11.9. The number of rotatable bonds is 11. The van der Waals surface area contributed by atoms with Crippen molar-refractivity contribution in [2.75, 3.05) is 25.7 Å². The molecule has 2 atom stereocenters. The predicted molar refractivity (Wildman–Crippen MR) is 142 cm³/mol. The summed E-state index contributed by atoms with van der Waals surface area (Å²) < 4.78 is 10.0. The van der Waals surface area contributed by atoms with Gasteiger partial charge in [-0.3, -0.25) is 14.4 Å². The molecular weight excluding hydrogens is 482 g/mol. The minimum absolute atomic E-state index is 0.330. The van der Waals surface area contributed by atoms with Crippen molar-refractivity contribution in [1.29, 1.82) is 0 Å². The molecule has 0 fully saturated rings. The molecule has 2 N–H and O–H groups in total. The number of nitrogens with zero attached hydrogens (tertiary/aromatic N) is 1. The van der Waals surface area contributed by atoms with Crippen LogP contribution < -0.4 is 10.6 Å². The van der Waals surface area contributed by atoms with Gasteiger partial charge in [-0.05, 0) is 78.0 Å². The van der Waals surface area contributed by atoms with Gasteiger partial charge in [0, 0.05) is 6.04 Å². The van der Waals surface area contributed by atoms with Crippen LogP contribution in [0.15, 0.2) is 18.2 Å². The van der Waals surface area contributed by atoms with Crippen LogP contribution in [-0.4, -0.2) is 72.1 Å². The van der Waals surface area contributed by atoms with E-state index in [0.717, 1.165) is 11.1 Å². The maximum atomic E-state index is 14.0. The summed E-state index contributed by atoms with van der Waals surface area (Å²) in [5.41, 5.74) is 1.74. The third-order valence-electron chi connectivity index (χ3n) is 5.29. The quantitative estimate of drug-likeness (QED) is 0.427. The Morgan fingerprint density at radius 3 is 2.25 bits per heavy atom. The predicted octanol–water partition coefficient (Wildman–Crippen LogP) is 3.52. The number of hydrogen-bond acceptors (Lipinski definition) is 7. The number of methoxy groups -OCH3 is 1. The van der Waals surface area contributed by atoms with Crippen LogP contribution in [0.2, 0.25) is 0 Å². The molecule has 0 aliphatic rings. The van der Waals surface area contributed by atoms with Crippen molar-refractivity contribution < 1.29 is 28.7 Å². The van der Waals surface area contributed by atoms with Crippen LogP contribution >= 0.6 is 11.8 Å². The molecule has 0 saturated carbocycles. The molecule has 0 aromatic heterocycles. The van der Waals surface area contributed by atoms with E-state index in [-0.39, 0.29) is 6.54 Å². The highest BCUT2D eigenvalue weighted by Crippen LogP contribution is 2.28. The number of aryl methyl sites for hydroxylation is 2. The summed E-state index contributed by atoms with van der Waals surface area (Å²) in [5.74, 6) is -0.922. The van der Waals surface area contributed by atoms with Gasteiger partial charge < -0.3 is 25.0 Å². The number of carbonyl (C=O) groups excluding carboxylic acids is 4. The molecule has 3 amide bonds. The molecule has 0 aliphatic heterocycles. The third kappa shape index (κ3) is 9.72. The second kappa shape index (κ2) is 14.1. The Morgan fingerprint density at radius 1 is 1.11 bits per heavy atom. The fraction of sp³-hybridized carbons (Fsp3) is 0.615. The topological polar surface area (TPSA) is 114 Å². The molecule has 0 spiro atoms. The molecule has 0 bridgehead atoms. The van der Waals surface area contributed by atoms with Crippen molar-refractivity contribution >= 4 is 35.6 Å². The Kier molecular flexibility index (Phi) is 12.3. The molecule has 0 saturated heterocycles. The van der Waals surface area contributed by atoms with Gasteiger partial charge in [0.05, 0.1) is 7.11 Å². The summed E-state index contributed by atoms with van der Waals surface area (Å²) in [6, 6.07) is 3.29. The SMILES string of the molecule is COC(=O)CNC(=O)C(c1ccc(C)cc1C)N(C(=O)C(CCSC)NC(=O)OC(C)(C)C)C(C)C. The molecule has 36 heavy (non-hydrogen) atoms. The van der Waals surface area contributed by atoms with Crippen LogP contribution in [0.25, 0.3) is 0 Å². The normalized spacial score (nSPS) is 12.9. The van der Waals surface area contributed by atoms with Gasteiger partial charge in [0.1, 0.15) is 24.2 Å². The fourth-order valence-corrected chi connectivity index (χ4v) is 4.15. The maximum Gasteiger partial charge on any atom is 0.408 e. The number of hydrogen-bond donors (Lipinski definition) is 2. The van der Waals surface area contributed by atoms with Crippen molar-refractivity contribution in [3.63, 3.8) is 0 Å². The van der Waals surface area contributed by atoms with Gasteiger partial charge in [0.25, 0.3) is 0 Å². The average Bonchev–Trinajstić information content (AvgIpc) is 2.76. The summed E-state index contributed by atoms with van der Waals surface area (Å²) in [6.45, 7) is 12.3. The molecule has 2 unspecified atom stereocenters. The minimum Gasteiger partial charge on any atom is -0.468 e. The Bertz CT molecular complexity index is 929. The Labute approximate surface area is 219 Å². The van der Waals surface area contributed by atoms with Gasteiger partial charge in [-0.2, -0.15) is 11.8 Å². The van der Waals surface area contributed by atoms with Crippen molar-refractivity contribution in [3.8, 4) is 0 Å². The lowest BCUT2D eigenvalue weighted by molar-refractivity contribution is -0.146. The van der Waals surface area contributed by atoms with Crippen LogP contribution in [0.1, 0.15) is 63.8 Å². The number of ether oxygens (including phenoxy) is 2. The summed E-state index contributed by atoms with van der Waals surface area (Å²) in [4.78, 5) is 53.2. The van der Waals surface area contributed by atoms with E-state index in [1.54, 1.807) is 46.4 Å². The van der Waals surface area contributed by atoms with Crippen molar-refractivity contribution in [1.82, 2.24) is 15.5 Å². The highest BCUT2D eigenvalue weighted by atomic mass is 32.2. The van der Waals surface area contributed by atoms with Crippen molar-refractivity contribution in [2.45, 2.75) is 78.6 Å². The molecule has 9 nitrogen and oxygen atoms in total. The van der Waals surface area contributed by atoms with Gasteiger partial charge in [0.15, 0.2) is 0 Å². The molecule has 1 rings (SSSR count). The van der Waals surface area contributed by atoms with Gasteiger partial charge in [-0.25, -0.2) is 4.79 Å². The summed E-state index contributed by atoms with van der Waals surface area (Å²) in [7, 11) is 1.23. The highest BCUT2D eigenvalue weighted by molar-refractivity contribution is 7.98. The number of nitrogens with one attached hydrogen (secondary N) is 2. The lowest BCUT2D eigenvalue weighted by atomic mass is 9.95. The molecule has 1 aromatic carbocycles. The lowest BCUT2D eigenvalue weighted by Crippen LogP contribution is -2.55. The van der Waals surface area contributed by atoms with Gasteiger partial charge in [-0.15, -0.1) is 0 Å². The van der Waals surface area contributed by atoms with E-state index in [9.17, 15) is 19.2 Å². The van der Waals surface area contributed by atoms with E-state index in [0.29, 0.717) is 17.7 Å². The van der Waals surface area contributed by atoms with E-state index < -0.39 is 47.6 Å². The Morgan fingerprint density at radius 2 is 1.75 bits per heavy atom. The molecule has 1 aromatic rings. The zero-order chi connectivity index (χ0) is 27.6. The van der Waals surface area contributed by atoms with E-state index in [4.69, 9.17) is 4.74 Å². The average molecular weight is 524 g/mol. The molecule has 202 valence electrons. The van der Waals surface area contributed by atoms with Crippen LogP contribution in [-0.2, 0) is 23.9 Å². The summed E-state index contributed by atoms with van der Waals surface area (Å²) in [6.07, 6.45) is 1.56. The fourth-order valence-electron chi connectivity index (χ4n) is 3.68. The zero-order valence-electron chi connectivity index (χ0n) is 22.9. The van der Waals surface area contributed by atoms with Gasteiger partial charge in [-0.1, -0.05) is 23.8 Å². The molecular formula is C26H41N3O6S. The molecule has 0 radical (unpaired) electrons. The van der Waals surface area contributed by atoms with E-state index >= 15 is 0 Å². The first kappa shape index (κ1) is 31.3. The second-order valence-electron chi connectivity index (χ2n) is 9.88. The largest absolute Gasteiger partial charge is 0.468 e. The molecule has 0 aliphatic carbocycles. The monoisotopic (exact) mass is 523 g/mol. The standard InChI is InChI=1S/C26H41N3O6S/c1-16(2)29(24(32)20(12-13-36-9)28-25(33)35-26(5,6)7)22(23(31)27-15-21(30)34-8)19-11-10-17(3)14-18(19)4/h10-11,14,16,20,22H,12-13,15H2,1-9H3,(H,27,31)(H,28,33). The van der Waals surface area contributed by atoms with Gasteiger partial charge >= 0.3 is 12.1 Å². The first-order chi connectivity index (χ1) is 16.7. The van der Waals surface area contributed by atoms with Crippen molar-refractivity contribution in [2.24, 2.45) is 0 Å². The number of alkyl carbamates (subject to hydrolysis) is 1. The number of benzene rings is 1. The number of carbonyl (C=O) groups is 4. The highest BCUT2D eigenvalue weighted by Gasteiger charge is 2.38. The maximum absolute atomic E-state index is 14.0. The van der Waals surface area contributed by atoms with E-state index in [1.807, 2.05) is 38.3 Å². The van der Waals surface area contributed by atoms with E-state index in [2.05, 4.69) is 15.4 Å². The smallest absolute Gasteiger partial charge is 0.408 e. The molecule has 10 heteroatoms. The van der Waals surface area contributed by atoms with Gasteiger partial charge in [0.2, 0.25) is 11.8 Å². The molecule has 0 heterocycles. The summed E-state index contributed by atoms with van der Waals surface area (Å²) >= 11 is 1.54.